The second-order valence-electron chi connectivity index (χ2n) is 6.50. The highest BCUT2D eigenvalue weighted by Crippen LogP contribution is 2.42. The van der Waals surface area contributed by atoms with Crippen molar-refractivity contribution in [1.29, 1.82) is 0 Å². The summed E-state index contributed by atoms with van der Waals surface area (Å²) in [6, 6.07) is 0.400. The molecule has 3 nitrogen and oxygen atoms in total. The van der Waals surface area contributed by atoms with E-state index in [0.717, 1.165) is 19.5 Å². The summed E-state index contributed by atoms with van der Waals surface area (Å²) < 4.78 is 6.42. The van der Waals surface area contributed by atoms with Gasteiger partial charge in [0.2, 0.25) is 0 Å². The molecule has 3 rings (SSSR count). The van der Waals surface area contributed by atoms with E-state index in [-0.39, 0.29) is 5.60 Å². The first-order valence-corrected chi connectivity index (χ1v) is 7.84. The third kappa shape index (κ3) is 2.59. The Bertz CT molecular complexity index is 276. The van der Waals surface area contributed by atoms with E-state index in [1.165, 1.54) is 51.4 Å². The molecular weight excluding hydrogens is 226 g/mol. The van der Waals surface area contributed by atoms with E-state index in [0.29, 0.717) is 18.8 Å². The average molecular weight is 253 g/mol. The molecule has 1 saturated carbocycles. The van der Waals surface area contributed by atoms with Crippen LogP contribution in [0.15, 0.2) is 0 Å². The van der Waals surface area contributed by atoms with Gasteiger partial charge in [0.15, 0.2) is 0 Å². The van der Waals surface area contributed by atoms with E-state index in [2.05, 4.69) is 4.90 Å². The van der Waals surface area contributed by atoms with Gasteiger partial charge in [-0.25, -0.2) is 0 Å². The van der Waals surface area contributed by atoms with Gasteiger partial charge in [-0.2, -0.15) is 0 Å². The van der Waals surface area contributed by atoms with Crippen LogP contribution in [0.3, 0.4) is 0 Å². The topological polar surface area (TPSA) is 32.7 Å². The molecule has 1 unspecified atom stereocenters. The molecule has 2 heterocycles. The van der Waals surface area contributed by atoms with Crippen LogP contribution in [0, 0.1) is 0 Å². The molecule has 0 aromatic rings. The van der Waals surface area contributed by atoms with Gasteiger partial charge in [0.05, 0.1) is 18.3 Å². The summed E-state index contributed by atoms with van der Waals surface area (Å²) in [6.45, 7) is 2.52. The summed E-state index contributed by atoms with van der Waals surface area (Å²) in [5.41, 5.74) is 0.247. The van der Waals surface area contributed by atoms with Crippen LogP contribution in [0.25, 0.3) is 0 Å². The molecule has 1 aliphatic carbocycles. The molecule has 3 fully saturated rings. The molecule has 18 heavy (non-hydrogen) atoms. The molecule has 104 valence electrons. The van der Waals surface area contributed by atoms with Gasteiger partial charge < -0.3 is 9.84 Å². The SMILES string of the molecule is OC[C@H]1CCCN1CC1CCC2(CCCCC2)O1. The number of hydrogen-bond acceptors (Lipinski definition) is 3. The zero-order chi connectivity index (χ0) is 12.4. The molecule has 3 heteroatoms. The van der Waals surface area contributed by atoms with Crippen LogP contribution in [0.4, 0.5) is 0 Å². The Morgan fingerprint density at radius 1 is 1.06 bits per heavy atom. The Morgan fingerprint density at radius 2 is 1.89 bits per heavy atom. The second-order valence-corrected chi connectivity index (χ2v) is 6.50. The van der Waals surface area contributed by atoms with Crippen molar-refractivity contribution in [3.05, 3.63) is 0 Å². The lowest BCUT2D eigenvalue weighted by molar-refractivity contribution is -0.0736. The summed E-state index contributed by atoms with van der Waals surface area (Å²) in [5.74, 6) is 0. The van der Waals surface area contributed by atoms with E-state index in [9.17, 15) is 5.11 Å². The molecule has 0 aromatic heterocycles. The number of aliphatic hydroxyl groups excluding tert-OH is 1. The lowest BCUT2D eigenvalue weighted by Crippen LogP contribution is -2.40. The standard InChI is InChI=1S/C15H27NO2/c17-12-13-5-4-10-16(13)11-14-6-9-15(18-14)7-2-1-3-8-15/h13-14,17H,1-12H2/t13-,14?/m1/s1. The van der Waals surface area contributed by atoms with Crippen LogP contribution in [-0.4, -0.2) is 47.4 Å². The van der Waals surface area contributed by atoms with Gasteiger partial charge in [0.1, 0.15) is 0 Å². The van der Waals surface area contributed by atoms with Crippen LogP contribution in [0.2, 0.25) is 0 Å². The number of nitrogens with zero attached hydrogens (tertiary/aromatic N) is 1. The third-order valence-electron chi connectivity index (χ3n) is 5.25. The maximum atomic E-state index is 9.37. The van der Waals surface area contributed by atoms with E-state index in [4.69, 9.17) is 4.74 Å². The Labute approximate surface area is 110 Å². The van der Waals surface area contributed by atoms with Crippen molar-refractivity contribution in [1.82, 2.24) is 4.90 Å². The van der Waals surface area contributed by atoms with Gasteiger partial charge in [0, 0.05) is 12.6 Å². The third-order valence-corrected chi connectivity index (χ3v) is 5.25. The first-order valence-electron chi connectivity index (χ1n) is 7.84. The van der Waals surface area contributed by atoms with E-state index < -0.39 is 0 Å². The largest absolute Gasteiger partial charge is 0.395 e. The first-order chi connectivity index (χ1) is 8.81. The van der Waals surface area contributed by atoms with Gasteiger partial charge in [0.25, 0.3) is 0 Å². The van der Waals surface area contributed by atoms with E-state index >= 15 is 0 Å². The highest BCUT2D eigenvalue weighted by atomic mass is 16.5. The molecule has 3 aliphatic rings. The Balaban J connectivity index is 1.52. The lowest BCUT2D eigenvalue weighted by atomic mass is 9.83. The molecule has 0 amide bonds. The van der Waals surface area contributed by atoms with Gasteiger partial charge in [-0.1, -0.05) is 19.3 Å². The summed E-state index contributed by atoms with van der Waals surface area (Å²) in [6.07, 6.45) is 12.0. The monoisotopic (exact) mass is 253 g/mol. The van der Waals surface area contributed by atoms with Crippen LogP contribution in [0.5, 0.6) is 0 Å². The van der Waals surface area contributed by atoms with Crippen molar-refractivity contribution in [3.8, 4) is 0 Å². The van der Waals surface area contributed by atoms with Gasteiger partial charge in [-0.15, -0.1) is 0 Å². The van der Waals surface area contributed by atoms with Crippen molar-refractivity contribution < 1.29 is 9.84 Å². The smallest absolute Gasteiger partial charge is 0.0710 e. The minimum atomic E-state index is 0.247. The van der Waals surface area contributed by atoms with Gasteiger partial charge in [-0.05, 0) is 45.1 Å². The van der Waals surface area contributed by atoms with Crippen molar-refractivity contribution >= 4 is 0 Å². The number of aliphatic hydroxyl groups is 1. The average Bonchev–Trinajstić information content (AvgIpc) is 2.99. The molecule has 1 N–H and O–H groups in total. The summed E-state index contributed by atoms with van der Waals surface area (Å²) in [4.78, 5) is 2.45. The minimum absolute atomic E-state index is 0.247. The fourth-order valence-corrected chi connectivity index (χ4v) is 4.19. The predicted octanol–water partition coefficient (Wildman–Crippen LogP) is 2.33. The maximum Gasteiger partial charge on any atom is 0.0710 e. The van der Waals surface area contributed by atoms with Gasteiger partial charge in [-0.3, -0.25) is 4.90 Å². The van der Waals surface area contributed by atoms with E-state index in [1.807, 2.05) is 0 Å². The lowest BCUT2D eigenvalue weighted by Gasteiger charge is -2.34. The van der Waals surface area contributed by atoms with Crippen LogP contribution in [-0.2, 0) is 4.74 Å². The van der Waals surface area contributed by atoms with Crippen molar-refractivity contribution in [2.75, 3.05) is 19.7 Å². The Morgan fingerprint density at radius 3 is 2.67 bits per heavy atom. The van der Waals surface area contributed by atoms with Crippen LogP contribution in [0.1, 0.15) is 57.8 Å². The fourth-order valence-electron chi connectivity index (χ4n) is 4.19. The minimum Gasteiger partial charge on any atom is -0.395 e. The van der Waals surface area contributed by atoms with Crippen LogP contribution < -0.4 is 0 Å². The Hall–Kier alpha value is -0.120. The second kappa shape index (κ2) is 5.48. The highest BCUT2D eigenvalue weighted by Gasteiger charge is 2.41. The number of likely N-dealkylation sites (tertiary alicyclic amines) is 1. The predicted molar refractivity (Wildman–Crippen MR) is 71.6 cm³/mol. The Kier molecular flexibility index (Phi) is 3.92. The molecule has 0 bridgehead atoms. The quantitative estimate of drug-likeness (QED) is 0.838. The molecule has 2 saturated heterocycles. The van der Waals surface area contributed by atoms with E-state index in [1.54, 1.807) is 0 Å². The zero-order valence-corrected chi connectivity index (χ0v) is 11.4. The highest BCUT2D eigenvalue weighted by molar-refractivity contribution is 4.93. The number of rotatable bonds is 3. The van der Waals surface area contributed by atoms with Crippen molar-refractivity contribution in [3.63, 3.8) is 0 Å². The zero-order valence-electron chi connectivity index (χ0n) is 11.4. The molecule has 2 aliphatic heterocycles. The van der Waals surface area contributed by atoms with Crippen molar-refractivity contribution in [2.45, 2.75) is 75.5 Å². The number of hydrogen-bond donors (Lipinski definition) is 1. The molecule has 1 spiro atoms. The van der Waals surface area contributed by atoms with Crippen molar-refractivity contribution in [2.24, 2.45) is 0 Å². The fraction of sp³-hybridized carbons (Fsp3) is 1.00. The maximum absolute atomic E-state index is 9.37. The van der Waals surface area contributed by atoms with Gasteiger partial charge >= 0.3 is 0 Å². The molecule has 2 atom stereocenters. The molecular formula is C15H27NO2. The summed E-state index contributed by atoms with van der Waals surface area (Å²) in [7, 11) is 0. The summed E-state index contributed by atoms with van der Waals surface area (Å²) in [5, 5.41) is 9.37. The normalized spacial score (nSPS) is 36.5. The summed E-state index contributed by atoms with van der Waals surface area (Å²) >= 11 is 0. The molecule has 0 radical (unpaired) electrons. The first kappa shape index (κ1) is 12.9. The van der Waals surface area contributed by atoms with Crippen LogP contribution >= 0.6 is 0 Å². The molecule has 0 aromatic carbocycles. The number of ether oxygens (including phenoxy) is 1.